The van der Waals surface area contributed by atoms with E-state index in [1.807, 2.05) is 6.92 Å². The molecule has 15 heteroatoms. The molecule has 4 saturated carbocycles. The first kappa shape index (κ1) is 33.2. The maximum atomic E-state index is 13.6. The topological polar surface area (TPSA) is 187 Å². The Hall–Kier alpha value is 1.04. The van der Waals surface area contributed by atoms with Crippen LogP contribution in [0.25, 0.3) is 0 Å². The second kappa shape index (κ2) is 11.1. The molecular formula is C21H30Na2O11S2. The first-order valence-electron chi connectivity index (χ1n) is 11.5. The van der Waals surface area contributed by atoms with Crippen molar-refractivity contribution < 1.29 is 108 Å². The van der Waals surface area contributed by atoms with Crippen molar-refractivity contribution in [3.05, 3.63) is 0 Å². The summed E-state index contributed by atoms with van der Waals surface area (Å²) in [6.45, 7) is 2.63. The smallest absolute Gasteiger partial charge is 0.726 e. The van der Waals surface area contributed by atoms with Crippen molar-refractivity contribution in [3.63, 3.8) is 0 Å². The molecule has 4 aliphatic carbocycles. The Morgan fingerprint density at radius 1 is 1.03 bits per heavy atom. The van der Waals surface area contributed by atoms with Crippen LogP contribution in [0, 0.1) is 34.5 Å². The molecule has 0 amide bonds. The summed E-state index contributed by atoms with van der Waals surface area (Å²) >= 11 is 0. The number of fused-ring (bicyclic) bond motifs is 5. The molecule has 0 spiro atoms. The third kappa shape index (κ3) is 5.89. The van der Waals surface area contributed by atoms with E-state index in [4.69, 9.17) is 4.18 Å². The minimum Gasteiger partial charge on any atom is -0.726 e. The quantitative estimate of drug-likeness (QED) is 0.183. The zero-order chi connectivity index (χ0) is 25.3. The predicted molar refractivity (Wildman–Crippen MR) is 112 cm³/mol. The first-order valence-corrected chi connectivity index (χ1v) is 14.2. The minimum atomic E-state index is -5.11. The molecule has 0 aromatic heterocycles. The number of hydrogen-bond donors (Lipinski definition) is 1. The van der Waals surface area contributed by atoms with Crippen molar-refractivity contribution in [1.29, 1.82) is 0 Å². The Balaban J connectivity index is 0.00000228. The molecule has 0 bridgehead atoms. The van der Waals surface area contributed by atoms with Gasteiger partial charge in [0, 0.05) is 17.8 Å². The average molecular weight is 569 g/mol. The second-order valence-corrected chi connectivity index (χ2v) is 13.0. The van der Waals surface area contributed by atoms with E-state index in [1.54, 1.807) is 6.92 Å². The summed E-state index contributed by atoms with van der Waals surface area (Å²) in [6, 6.07) is 0. The van der Waals surface area contributed by atoms with E-state index in [-0.39, 0.29) is 101 Å². The van der Waals surface area contributed by atoms with E-state index in [2.05, 4.69) is 4.18 Å². The van der Waals surface area contributed by atoms with Crippen LogP contribution in [-0.2, 0) is 38.8 Å². The molecular weight excluding hydrogens is 538 g/mol. The Kier molecular flexibility index (Phi) is 10.3. The third-order valence-corrected chi connectivity index (χ3v) is 10.4. The maximum absolute atomic E-state index is 13.6. The van der Waals surface area contributed by atoms with Gasteiger partial charge in [-0.1, -0.05) is 13.8 Å². The number of carbonyl (C=O) groups is 2. The fourth-order valence-electron chi connectivity index (χ4n) is 7.99. The van der Waals surface area contributed by atoms with E-state index in [9.17, 15) is 40.6 Å². The number of aliphatic hydroxyl groups is 1. The van der Waals surface area contributed by atoms with Crippen LogP contribution in [-0.4, -0.2) is 60.9 Å². The van der Waals surface area contributed by atoms with Gasteiger partial charge in [0.1, 0.15) is 18.0 Å². The SMILES string of the molecule is C[C@]12CC[C@@H](OS(=O)(=O)[O-])C[C@@H]1CC[C@@H]1[C@@H]2C(=O)C[C@@]2(C)[C@H]1CC[C@]2(O)C(=O)COS(=O)(=O)[O-].[Na+].[Na+]. The summed E-state index contributed by atoms with van der Waals surface area (Å²) in [7, 11) is -9.92. The summed E-state index contributed by atoms with van der Waals surface area (Å²) < 4.78 is 74.4. The van der Waals surface area contributed by atoms with Crippen molar-refractivity contribution >= 4 is 32.4 Å². The van der Waals surface area contributed by atoms with Gasteiger partial charge in [0.15, 0.2) is 5.78 Å². The number of carbonyl (C=O) groups excluding carboxylic acids is 2. The van der Waals surface area contributed by atoms with Crippen LogP contribution < -0.4 is 59.1 Å². The van der Waals surface area contributed by atoms with E-state index < -0.39 is 55.7 Å². The molecule has 194 valence electrons. The number of Topliss-reactive ketones (excluding diaryl/α,β-unsaturated/α-hetero) is 2. The fraction of sp³-hybridized carbons (Fsp3) is 0.905. The Morgan fingerprint density at radius 2 is 1.67 bits per heavy atom. The van der Waals surface area contributed by atoms with Crippen LogP contribution in [0.2, 0.25) is 0 Å². The van der Waals surface area contributed by atoms with Crippen LogP contribution >= 0.6 is 0 Å². The van der Waals surface area contributed by atoms with Gasteiger partial charge in [-0.05, 0) is 68.1 Å². The van der Waals surface area contributed by atoms with E-state index in [0.717, 1.165) is 0 Å². The fourth-order valence-corrected chi connectivity index (χ4v) is 8.75. The molecule has 0 heterocycles. The summed E-state index contributed by atoms with van der Waals surface area (Å²) in [4.78, 5) is 26.4. The van der Waals surface area contributed by atoms with Gasteiger partial charge in [-0.15, -0.1) is 0 Å². The van der Waals surface area contributed by atoms with Crippen LogP contribution in [0.5, 0.6) is 0 Å². The molecule has 4 rings (SSSR count). The molecule has 4 fully saturated rings. The molecule has 36 heavy (non-hydrogen) atoms. The summed E-state index contributed by atoms with van der Waals surface area (Å²) in [5, 5.41) is 11.4. The van der Waals surface area contributed by atoms with Gasteiger partial charge >= 0.3 is 59.1 Å². The largest absolute Gasteiger partial charge is 1.00 e. The van der Waals surface area contributed by atoms with Crippen LogP contribution in [0.1, 0.15) is 65.2 Å². The van der Waals surface area contributed by atoms with Crippen molar-refractivity contribution in [2.24, 2.45) is 34.5 Å². The van der Waals surface area contributed by atoms with Gasteiger partial charge in [-0.3, -0.25) is 18.0 Å². The zero-order valence-electron chi connectivity index (χ0n) is 21.1. The molecule has 0 unspecified atom stereocenters. The van der Waals surface area contributed by atoms with Crippen LogP contribution in [0.4, 0.5) is 0 Å². The maximum Gasteiger partial charge on any atom is 1.00 e. The molecule has 11 nitrogen and oxygen atoms in total. The van der Waals surface area contributed by atoms with Gasteiger partial charge in [0.2, 0.25) is 20.8 Å². The second-order valence-electron chi connectivity index (χ2n) is 11.0. The van der Waals surface area contributed by atoms with Crippen molar-refractivity contribution in [2.75, 3.05) is 6.61 Å². The van der Waals surface area contributed by atoms with Crippen molar-refractivity contribution in [2.45, 2.75) is 76.9 Å². The normalized spacial score (nSPS) is 42.2. The van der Waals surface area contributed by atoms with E-state index >= 15 is 0 Å². The predicted octanol–water partition coefficient (Wildman–Crippen LogP) is -5.16. The Labute approximate surface area is 256 Å². The molecule has 0 aromatic rings. The monoisotopic (exact) mass is 568 g/mol. The van der Waals surface area contributed by atoms with E-state index in [1.165, 1.54) is 0 Å². The molecule has 8 atom stereocenters. The van der Waals surface area contributed by atoms with Gasteiger partial charge in [0.25, 0.3) is 0 Å². The number of rotatable bonds is 6. The van der Waals surface area contributed by atoms with Crippen LogP contribution in [0.15, 0.2) is 0 Å². The zero-order valence-corrected chi connectivity index (χ0v) is 26.7. The first-order chi connectivity index (χ1) is 15.5. The minimum absolute atomic E-state index is 0. The van der Waals surface area contributed by atoms with E-state index in [0.29, 0.717) is 38.5 Å². The Morgan fingerprint density at radius 3 is 2.25 bits per heavy atom. The summed E-state index contributed by atoms with van der Waals surface area (Å²) in [6.07, 6.45) is 2.32. The van der Waals surface area contributed by atoms with Crippen LogP contribution in [0.3, 0.4) is 0 Å². The summed E-state index contributed by atoms with van der Waals surface area (Å²) in [5.74, 6) is -1.59. The molecule has 0 aliphatic heterocycles. The van der Waals surface area contributed by atoms with Gasteiger partial charge < -0.3 is 14.2 Å². The molecule has 0 radical (unpaired) electrons. The molecule has 0 aromatic carbocycles. The van der Waals surface area contributed by atoms with Gasteiger partial charge in [-0.25, -0.2) is 16.8 Å². The number of hydrogen-bond acceptors (Lipinski definition) is 11. The van der Waals surface area contributed by atoms with Gasteiger partial charge in [-0.2, -0.15) is 0 Å². The van der Waals surface area contributed by atoms with Crippen molar-refractivity contribution in [1.82, 2.24) is 0 Å². The third-order valence-electron chi connectivity index (χ3n) is 9.51. The standard InChI is InChI=1S/C21H32O11S2.2Na/c1-19-7-5-13(32-34(28,29)30)9-12(19)3-4-14-15-6-8-21(24,17(23)11-31-33(25,26)27)20(15,2)10-16(22)18(14)19;;/h12-15,18,24H,3-11H2,1-2H3,(H,25,26,27)(H,28,29,30);;/q;2*+1/p-2/t12-,13+,14-,15-,18+,19-,20-,21-;;/m0../s1. The van der Waals surface area contributed by atoms with Crippen molar-refractivity contribution in [3.8, 4) is 0 Å². The molecule has 0 saturated heterocycles. The Bertz CT molecular complexity index is 1100. The molecule has 1 N–H and O–H groups in total. The van der Waals surface area contributed by atoms with Gasteiger partial charge in [0.05, 0.1) is 6.10 Å². The summed E-state index contributed by atoms with van der Waals surface area (Å²) in [5.41, 5.74) is -3.51. The number of ketones is 2. The average Bonchev–Trinajstić information content (AvgIpc) is 2.96. The molecule has 4 aliphatic rings.